The Morgan fingerprint density at radius 1 is 1.67 bits per heavy atom. The van der Waals surface area contributed by atoms with Gasteiger partial charge in [-0.3, -0.25) is 0 Å². The summed E-state index contributed by atoms with van der Waals surface area (Å²) in [5.41, 5.74) is -0.336. The first-order chi connectivity index (χ1) is 2.79. The summed E-state index contributed by atoms with van der Waals surface area (Å²) < 4.78 is 0. The summed E-state index contributed by atoms with van der Waals surface area (Å²) in [6.45, 7) is 0. The lowest BCUT2D eigenvalue weighted by atomic mass is 10.7. The van der Waals surface area contributed by atoms with Gasteiger partial charge in [-0.15, -0.1) is 0 Å². The van der Waals surface area contributed by atoms with E-state index >= 15 is 0 Å². The van der Waals surface area contributed by atoms with E-state index in [0.29, 0.717) is 0 Å². The van der Waals surface area contributed by atoms with Crippen molar-refractivity contribution in [2.75, 3.05) is 0 Å². The molecule has 6 heavy (non-hydrogen) atoms. The first-order valence-corrected chi connectivity index (χ1v) is 1.94. The normalized spacial score (nSPS) is 21.2. The molecule has 0 radical (unpaired) electrons. The number of hydrogen-bond donors (Lipinski definition) is 2. The summed E-state index contributed by atoms with van der Waals surface area (Å²) in [4.78, 5) is 9.80. The van der Waals surface area contributed by atoms with E-state index in [1.807, 2.05) is 0 Å². The number of alkyl halides is 1. The van der Waals surface area contributed by atoms with Crippen molar-refractivity contribution in [1.82, 2.24) is 10.6 Å². The molecule has 0 saturated carbocycles. The molecule has 2 amide bonds. The molecule has 0 bridgehead atoms. The zero-order valence-electron chi connectivity index (χ0n) is 2.86. The Hall–Kier alpha value is -0.440. The van der Waals surface area contributed by atoms with E-state index in [0.717, 1.165) is 0 Å². The van der Waals surface area contributed by atoms with Gasteiger partial charge in [0.1, 0.15) is 0 Å². The molecule has 1 fully saturated rings. The van der Waals surface area contributed by atoms with Crippen molar-refractivity contribution in [3.05, 3.63) is 0 Å². The molecule has 0 aromatic rings. The molecule has 0 spiro atoms. The van der Waals surface area contributed by atoms with Crippen LogP contribution in [-0.2, 0) is 0 Å². The van der Waals surface area contributed by atoms with Crippen molar-refractivity contribution in [3.63, 3.8) is 0 Å². The molecule has 0 aliphatic carbocycles. The molecule has 1 heterocycles. The van der Waals surface area contributed by atoms with Crippen molar-refractivity contribution in [2.24, 2.45) is 0 Å². The molecule has 0 aromatic carbocycles. The Bertz CT molecular complexity index is 75.6. The number of amides is 2. The zero-order chi connectivity index (χ0) is 4.57. The van der Waals surface area contributed by atoms with Gasteiger partial charge in [-0.25, -0.2) is 4.79 Å². The minimum absolute atomic E-state index is 0.199. The van der Waals surface area contributed by atoms with Crippen LogP contribution >= 0.6 is 11.6 Å². The summed E-state index contributed by atoms with van der Waals surface area (Å²) >= 11 is 5.20. The largest absolute Gasteiger partial charge is 0.319 e. The van der Waals surface area contributed by atoms with Crippen LogP contribution in [0.25, 0.3) is 0 Å². The van der Waals surface area contributed by atoms with Gasteiger partial charge in [0.2, 0.25) is 0 Å². The van der Waals surface area contributed by atoms with Gasteiger partial charge in [-0.1, -0.05) is 11.6 Å². The van der Waals surface area contributed by atoms with Crippen LogP contribution in [0, 0.1) is 0 Å². The van der Waals surface area contributed by atoms with Gasteiger partial charge in [0, 0.05) is 0 Å². The third kappa shape index (κ3) is 0.408. The van der Waals surface area contributed by atoms with E-state index in [1.165, 1.54) is 0 Å². The number of urea groups is 1. The highest BCUT2D eigenvalue weighted by Crippen LogP contribution is 1.92. The molecule has 4 heteroatoms. The van der Waals surface area contributed by atoms with Gasteiger partial charge in [0.05, 0.1) is 0 Å². The van der Waals surface area contributed by atoms with Gasteiger partial charge >= 0.3 is 6.03 Å². The van der Waals surface area contributed by atoms with Crippen LogP contribution in [0.3, 0.4) is 0 Å². The van der Waals surface area contributed by atoms with E-state index in [1.54, 1.807) is 0 Å². The van der Waals surface area contributed by atoms with Gasteiger partial charge in [0.15, 0.2) is 5.62 Å². The molecule has 0 atom stereocenters. The van der Waals surface area contributed by atoms with Crippen LogP contribution in [0.1, 0.15) is 0 Å². The lowest BCUT2D eigenvalue weighted by Gasteiger charge is -2.22. The Labute approximate surface area is 39.7 Å². The number of carbonyl (C=O) groups excluding carboxylic acids is 1. The molecule has 1 aliphatic rings. The predicted octanol–water partition coefficient (Wildman–Crippen LogP) is -0.178. The summed E-state index contributed by atoms with van der Waals surface area (Å²) in [7, 11) is 0. The van der Waals surface area contributed by atoms with Crippen LogP contribution in [0.5, 0.6) is 0 Å². The number of carbonyl (C=O) groups is 1. The smallest absolute Gasteiger partial charge is 0.305 e. The summed E-state index contributed by atoms with van der Waals surface area (Å²) in [5.74, 6) is 0. The molecule has 3 nitrogen and oxygen atoms in total. The molecule has 2 N–H and O–H groups in total. The van der Waals surface area contributed by atoms with E-state index in [9.17, 15) is 4.79 Å². The second-order valence-corrected chi connectivity index (χ2v) is 1.42. The molecule has 1 aliphatic heterocycles. The van der Waals surface area contributed by atoms with E-state index in [-0.39, 0.29) is 11.7 Å². The Morgan fingerprint density at radius 3 is 2.17 bits per heavy atom. The average Bonchev–Trinajstić information content (AvgIpc) is 1.33. The highest BCUT2D eigenvalue weighted by atomic mass is 35.5. The molecule has 34 valence electrons. The van der Waals surface area contributed by atoms with Gasteiger partial charge in [-0.2, -0.15) is 0 Å². The Kier molecular flexibility index (Phi) is 0.630. The predicted molar refractivity (Wildman–Crippen MR) is 21.3 cm³/mol. The van der Waals surface area contributed by atoms with Crippen LogP contribution in [0.2, 0.25) is 0 Å². The van der Waals surface area contributed by atoms with Gasteiger partial charge < -0.3 is 10.6 Å². The highest BCUT2D eigenvalue weighted by molar-refractivity contribution is 6.23. The van der Waals surface area contributed by atoms with Crippen LogP contribution in [-0.4, -0.2) is 11.7 Å². The quantitative estimate of drug-likeness (QED) is 0.327. The number of halogens is 1. The molecule has 0 aromatic heterocycles. The Morgan fingerprint density at radius 2 is 2.17 bits per heavy atom. The maximum atomic E-state index is 9.80. The fraction of sp³-hybridized carbons (Fsp3) is 0.500. The molecule has 1 saturated heterocycles. The van der Waals surface area contributed by atoms with Crippen molar-refractivity contribution in [1.29, 1.82) is 0 Å². The third-order valence-corrected chi connectivity index (χ3v) is 0.734. The van der Waals surface area contributed by atoms with E-state index in [2.05, 4.69) is 10.6 Å². The van der Waals surface area contributed by atoms with Crippen LogP contribution in [0.4, 0.5) is 4.79 Å². The molecule has 1 rings (SSSR count). The third-order valence-electron chi connectivity index (χ3n) is 0.516. The van der Waals surface area contributed by atoms with Crippen LogP contribution in [0.15, 0.2) is 0 Å². The summed E-state index contributed by atoms with van der Waals surface area (Å²) in [6, 6.07) is -0.199. The van der Waals surface area contributed by atoms with Crippen molar-refractivity contribution >= 4 is 17.6 Å². The van der Waals surface area contributed by atoms with Gasteiger partial charge in [0.25, 0.3) is 0 Å². The van der Waals surface area contributed by atoms with E-state index in [4.69, 9.17) is 11.6 Å². The molecular weight excluding hydrogens is 103 g/mol. The maximum Gasteiger partial charge on any atom is 0.319 e. The number of rotatable bonds is 0. The molecule has 0 unspecified atom stereocenters. The first kappa shape index (κ1) is 3.74. The van der Waals surface area contributed by atoms with E-state index < -0.39 is 0 Å². The highest BCUT2D eigenvalue weighted by Gasteiger charge is 2.19. The summed E-state index contributed by atoms with van der Waals surface area (Å²) in [6.07, 6.45) is 0. The second kappa shape index (κ2) is 1.01. The first-order valence-electron chi connectivity index (χ1n) is 1.50. The second-order valence-electron chi connectivity index (χ2n) is 0.980. The monoisotopic (exact) mass is 106 g/mol. The van der Waals surface area contributed by atoms with Gasteiger partial charge in [-0.05, 0) is 0 Å². The fourth-order valence-corrected chi connectivity index (χ4v) is 0.428. The minimum Gasteiger partial charge on any atom is -0.305 e. The van der Waals surface area contributed by atoms with Crippen molar-refractivity contribution in [2.45, 2.75) is 5.62 Å². The average molecular weight is 107 g/mol. The lowest BCUT2D eigenvalue weighted by Crippen LogP contribution is -2.59. The number of nitrogens with one attached hydrogen (secondary N) is 2. The van der Waals surface area contributed by atoms with Crippen molar-refractivity contribution < 1.29 is 4.79 Å². The fourth-order valence-electron chi connectivity index (χ4n) is 0.230. The molecular formula is C2H3ClN2O. The SMILES string of the molecule is O=C1NC(Cl)N1. The Balaban J connectivity index is 2.28. The standard InChI is InChI=1S/C2H3ClN2O/c3-1-4-2(6)5-1/h1H,(H2,4,5,6). The maximum absolute atomic E-state index is 9.80. The number of hydrogen-bond acceptors (Lipinski definition) is 1. The summed E-state index contributed by atoms with van der Waals surface area (Å²) in [5, 5.41) is 4.64. The lowest BCUT2D eigenvalue weighted by molar-refractivity contribution is 0.221. The van der Waals surface area contributed by atoms with Crippen LogP contribution < -0.4 is 10.6 Å². The zero-order valence-corrected chi connectivity index (χ0v) is 3.62. The van der Waals surface area contributed by atoms with Crippen molar-refractivity contribution in [3.8, 4) is 0 Å². The topological polar surface area (TPSA) is 41.1 Å². The minimum atomic E-state index is -0.336.